The number of urea groups is 1. The SMILES string of the molecule is COc1ccccc1N1CCN(c2ccc(NC(=O)Nc3ccc([N+](=O)[O-])cc3)cc2C(=O)N2CCCC2)CC1. The molecule has 3 amide bonds. The number of nitrogens with zero attached hydrogens (tertiary/aromatic N) is 4. The molecule has 2 saturated heterocycles. The van der Waals surface area contributed by atoms with Crippen LogP contribution < -0.4 is 25.2 Å². The Morgan fingerprint density at radius 1 is 0.800 bits per heavy atom. The maximum atomic E-state index is 13.6. The highest BCUT2D eigenvalue weighted by molar-refractivity contribution is 6.04. The van der Waals surface area contributed by atoms with E-state index in [2.05, 4.69) is 26.5 Å². The summed E-state index contributed by atoms with van der Waals surface area (Å²) in [4.78, 5) is 43.0. The molecule has 2 N–H and O–H groups in total. The lowest BCUT2D eigenvalue weighted by Gasteiger charge is -2.38. The molecular formula is C29H32N6O5. The van der Waals surface area contributed by atoms with Gasteiger partial charge in [0, 0.05) is 68.5 Å². The molecule has 2 heterocycles. The fraction of sp³-hybridized carbons (Fsp3) is 0.310. The first-order chi connectivity index (χ1) is 19.4. The summed E-state index contributed by atoms with van der Waals surface area (Å²) in [7, 11) is 1.67. The predicted octanol–water partition coefficient (Wildman–Crippen LogP) is 4.81. The van der Waals surface area contributed by atoms with Gasteiger partial charge in [-0.25, -0.2) is 4.79 Å². The lowest BCUT2D eigenvalue weighted by molar-refractivity contribution is -0.384. The Balaban J connectivity index is 1.32. The van der Waals surface area contributed by atoms with Gasteiger partial charge in [0.05, 0.1) is 23.3 Å². The normalized spacial score (nSPS) is 15.1. The van der Waals surface area contributed by atoms with E-state index < -0.39 is 11.0 Å². The molecule has 3 aromatic rings. The summed E-state index contributed by atoms with van der Waals surface area (Å²) >= 11 is 0. The minimum atomic E-state index is -0.508. The number of hydrogen-bond acceptors (Lipinski definition) is 7. The number of ether oxygens (including phenoxy) is 1. The maximum absolute atomic E-state index is 13.6. The zero-order chi connectivity index (χ0) is 28.1. The number of carbonyl (C=O) groups excluding carboxylic acids is 2. The molecule has 5 rings (SSSR count). The second kappa shape index (κ2) is 11.9. The van der Waals surface area contributed by atoms with E-state index in [1.54, 1.807) is 19.2 Å². The van der Waals surface area contributed by atoms with Crippen LogP contribution in [0.1, 0.15) is 23.2 Å². The van der Waals surface area contributed by atoms with Crippen LogP contribution in [0.3, 0.4) is 0 Å². The van der Waals surface area contributed by atoms with Crippen LogP contribution in [0.2, 0.25) is 0 Å². The molecule has 208 valence electrons. The van der Waals surface area contributed by atoms with E-state index in [9.17, 15) is 19.7 Å². The molecule has 0 spiro atoms. The van der Waals surface area contributed by atoms with Crippen LogP contribution in [-0.4, -0.2) is 68.1 Å². The highest BCUT2D eigenvalue weighted by atomic mass is 16.6. The lowest BCUT2D eigenvalue weighted by atomic mass is 10.1. The number of rotatable bonds is 7. The van der Waals surface area contributed by atoms with Crippen molar-refractivity contribution in [3.05, 3.63) is 82.4 Å². The van der Waals surface area contributed by atoms with Gasteiger partial charge in [-0.05, 0) is 55.3 Å². The van der Waals surface area contributed by atoms with E-state index in [0.717, 1.165) is 69.2 Å². The minimum Gasteiger partial charge on any atom is -0.495 e. The largest absolute Gasteiger partial charge is 0.495 e. The lowest BCUT2D eigenvalue weighted by Crippen LogP contribution is -2.47. The fourth-order valence-electron chi connectivity index (χ4n) is 5.19. The van der Waals surface area contributed by atoms with E-state index >= 15 is 0 Å². The Hall–Kier alpha value is -4.80. The number of nitrogens with one attached hydrogen (secondary N) is 2. The molecule has 2 aliphatic heterocycles. The molecule has 0 aliphatic carbocycles. The topological polar surface area (TPSA) is 120 Å². The number of benzene rings is 3. The molecule has 0 unspecified atom stereocenters. The van der Waals surface area contributed by atoms with Crippen molar-refractivity contribution >= 4 is 40.4 Å². The van der Waals surface area contributed by atoms with E-state index in [-0.39, 0.29) is 11.6 Å². The highest BCUT2D eigenvalue weighted by Crippen LogP contribution is 2.32. The Kier molecular flexibility index (Phi) is 7.99. The van der Waals surface area contributed by atoms with Crippen molar-refractivity contribution in [2.45, 2.75) is 12.8 Å². The Morgan fingerprint density at radius 2 is 1.40 bits per heavy atom. The van der Waals surface area contributed by atoms with E-state index in [0.29, 0.717) is 16.9 Å². The van der Waals surface area contributed by atoms with E-state index in [1.165, 1.54) is 24.3 Å². The summed E-state index contributed by atoms with van der Waals surface area (Å²) in [5.74, 6) is 0.794. The Bertz CT molecular complexity index is 1380. The van der Waals surface area contributed by atoms with Crippen LogP contribution in [0.4, 0.5) is 33.2 Å². The molecule has 2 fully saturated rings. The third-order valence-corrected chi connectivity index (χ3v) is 7.26. The molecule has 3 aromatic carbocycles. The summed E-state index contributed by atoms with van der Waals surface area (Å²) in [6, 6.07) is 18.5. The van der Waals surface area contributed by atoms with Gasteiger partial charge in [-0.2, -0.15) is 0 Å². The number of non-ortho nitro benzene ring substituents is 1. The summed E-state index contributed by atoms with van der Waals surface area (Å²) in [5.41, 5.74) is 3.30. The maximum Gasteiger partial charge on any atom is 0.323 e. The molecule has 0 saturated carbocycles. The van der Waals surface area contributed by atoms with Crippen molar-refractivity contribution in [2.24, 2.45) is 0 Å². The van der Waals surface area contributed by atoms with Crippen LogP contribution in [0, 0.1) is 10.1 Å². The quantitative estimate of drug-likeness (QED) is 0.324. The second-order valence-corrected chi connectivity index (χ2v) is 9.76. The number of amides is 3. The van der Waals surface area contributed by atoms with Crippen molar-refractivity contribution < 1.29 is 19.2 Å². The van der Waals surface area contributed by atoms with Crippen LogP contribution in [-0.2, 0) is 0 Å². The van der Waals surface area contributed by atoms with Crippen molar-refractivity contribution in [1.29, 1.82) is 0 Å². The standard InChI is InChI=1S/C29H32N6O5/c1-40-27-7-3-2-6-26(27)33-18-16-32(17-19-33)25-13-10-22(20-24(25)28(36)34-14-4-5-15-34)31-29(37)30-21-8-11-23(12-9-21)35(38)39/h2-3,6-13,20H,4-5,14-19H2,1H3,(H2,30,31,37). The van der Waals surface area contributed by atoms with E-state index in [4.69, 9.17) is 4.74 Å². The van der Waals surface area contributed by atoms with Gasteiger partial charge < -0.3 is 30.1 Å². The average Bonchev–Trinajstić information content (AvgIpc) is 3.52. The molecule has 11 nitrogen and oxygen atoms in total. The van der Waals surface area contributed by atoms with Crippen molar-refractivity contribution in [3.8, 4) is 5.75 Å². The number of carbonyl (C=O) groups is 2. The monoisotopic (exact) mass is 544 g/mol. The number of piperazine rings is 1. The first-order valence-electron chi connectivity index (χ1n) is 13.3. The van der Waals surface area contributed by atoms with Crippen molar-refractivity contribution in [1.82, 2.24) is 4.90 Å². The molecule has 0 aromatic heterocycles. The average molecular weight is 545 g/mol. The number of nitro benzene ring substituents is 1. The van der Waals surface area contributed by atoms with Gasteiger partial charge in [0.15, 0.2) is 0 Å². The summed E-state index contributed by atoms with van der Waals surface area (Å²) < 4.78 is 5.54. The third kappa shape index (κ3) is 5.93. The smallest absolute Gasteiger partial charge is 0.323 e. The zero-order valence-electron chi connectivity index (χ0n) is 22.3. The third-order valence-electron chi connectivity index (χ3n) is 7.26. The minimum absolute atomic E-state index is 0.0425. The number of nitro groups is 1. The molecule has 0 atom stereocenters. The first kappa shape index (κ1) is 26.8. The van der Waals surface area contributed by atoms with Gasteiger partial charge in [0.2, 0.25) is 0 Å². The van der Waals surface area contributed by atoms with Gasteiger partial charge >= 0.3 is 6.03 Å². The van der Waals surface area contributed by atoms with Crippen molar-refractivity contribution in [3.63, 3.8) is 0 Å². The highest BCUT2D eigenvalue weighted by Gasteiger charge is 2.27. The summed E-state index contributed by atoms with van der Waals surface area (Å²) in [5, 5.41) is 16.3. The summed E-state index contributed by atoms with van der Waals surface area (Å²) in [6.45, 7) is 4.44. The number of likely N-dealkylation sites (tertiary alicyclic amines) is 1. The van der Waals surface area contributed by atoms with Gasteiger partial charge in [0.1, 0.15) is 5.75 Å². The van der Waals surface area contributed by atoms with Gasteiger partial charge in [0.25, 0.3) is 11.6 Å². The molecular weight excluding hydrogens is 512 g/mol. The predicted molar refractivity (Wildman–Crippen MR) is 155 cm³/mol. The Labute approximate surface area is 232 Å². The summed E-state index contributed by atoms with van der Waals surface area (Å²) in [6.07, 6.45) is 1.96. The fourth-order valence-corrected chi connectivity index (χ4v) is 5.19. The van der Waals surface area contributed by atoms with Crippen LogP contribution in [0.25, 0.3) is 0 Å². The second-order valence-electron chi connectivity index (χ2n) is 9.76. The van der Waals surface area contributed by atoms with E-state index in [1.807, 2.05) is 29.2 Å². The van der Waals surface area contributed by atoms with Crippen LogP contribution >= 0.6 is 0 Å². The van der Waals surface area contributed by atoms with Crippen molar-refractivity contribution in [2.75, 3.05) is 66.8 Å². The molecule has 0 radical (unpaired) electrons. The van der Waals surface area contributed by atoms with Gasteiger partial charge in [-0.1, -0.05) is 12.1 Å². The molecule has 11 heteroatoms. The number of anilines is 4. The van der Waals surface area contributed by atoms with Gasteiger partial charge in [-0.15, -0.1) is 0 Å². The number of hydrogen-bond donors (Lipinski definition) is 2. The van der Waals surface area contributed by atoms with Gasteiger partial charge in [-0.3, -0.25) is 14.9 Å². The molecule has 2 aliphatic rings. The first-order valence-corrected chi connectivity index (χ1v) is 13.3. The zero-order valence-corrected chi connectivity index (χ0v) is 22.3. The Morgan fingerprint density at radius 3 is 2.05 bits per heavy atom. The molecule has 0 bridgehead atoms. The number of para-hydroxylation sites is 2. The van der Waals surface area contributed by atoms with Crippen LogP contribution in [0.15, 0.2) is 66.7 Å². The molecule has 40 heavy (non-hydrogen) atoms. The number of methoxy groups -OCH3 is 1. The van der Waals surface area contributed by atoms with Crippen LogP contribution in [0.5, 0.6) is 5.75 Å².